The number of aromatic nitrogens is 2. The SMILES string of the molecule is COc1ccc(C(OC[C@H]2O[C@@H](n3cc(C)c(=O)[nH]c3=O)C[C@@H]2OP2(=O)OCC3(CCCCC3)S2)(c2ccccc2)c2ccc(OC)cc2)cc1. The van der Waals surface area contributed by atoms with Crippen LogP contribution in [0.15, 0.2) is 94.6 Å². The number of nitrogens with one attached hydrogen (secondary N) is 1. The number of benzene rings is 3. The number of aryl methyl sites for hydroxylation is 1. The molecule has 13 heteroatoms. The Kier molecular flexibility index (Phi) is 10.4. The van der Waals surface area contributed by atoms with Crippen LogP contribution in [0.5, 0.6) is 11.5 Å². The van der Waals surface area contributed by atoms with Crippen LogP contribution in [-0.4, -0.2) is 53.9 Å². The number of nitrogens with zero attached hydrogens (tertiary/aromatic N) is 1. The summed E-state index contributed by atoms with van der Waals surface area (Å²) < 4.78 is 52.5. The average Bonchev–Trinajstić information content (AvgIpc) is 3.70. The predicted molar refractivity (Wildman–Crippen MR) is 195 cm³/mol. The number of H-pyrrole nitrogens is 1. The van der Waals surface area contributed by atoms with Gasteiger partial charge in [0.25, 0.3) is 5.56 Å². The van der Waals surface area contributed by atoms with Crippen molar-refractivity contribution in [2.75, 3.05) is 27.4 Å². The molecule has 4 aromatic rings. The lowest BCUT2D eigenvalue weighted by Gasteiger charge is -2.37. The largest absolute Gasteiger partial charge is 0.497 e. The van der Waals surface area contributed by atoms with Gasteiger partial charge in [-0.3, -0.25) is 23.4 Å². The molecule has 3 aromatic carbocycles. The Hall–Kier alpha value is -3.64. The molecule has 270 valence electrons. The Morgan fingerprint density at radius 3 is 2.12 bits per heavy atom. The molecule has 1 aliphatic carbocycles. The normalized spacial score (nSPS) is 24.5. The molecule has 51 heavy (non-hydrogen) atoms. The van der Waals surface area contributed by atoms with E-state index in [2.05, 4.69) is 4.98 Å². The zero-order valence-corrected chi connectivity index (χ0v) is 30.7. The summed E-state index contributed by atoms with van der Waals surface area (Å²) in [6.07, 6.45) is 4.46. The second kappa shape index (κ2) is 14.8. The summed E-state index contributed by atoms with van der Waals surface area (Å²) >= 11 is 1.33. The van der Waals surface area contributed by atoms with E-state index in [0.717, 1.165) is 48.8 Å². The first-order chi connectivity index (χ1) is 24.7. The molecule has 4 atom stereocenters. The van der Waals surface area contributed by atoms with Gasteiger partial charge in [0.05, 0.1) is 32.2 Å². The van der Waals surface area contributed by atoms with Crippen molar-refractivity contribution in [3.8, 4) is 11.5 Å². The van der Waals surface area contributed by atoms with Crippen LogP contribution in [0, 0.1) is 6.92 Å². The van der Waals surface area contributed by atoms with Crippen LogP contribution in [0.4, 0.5) is 0 Å². The number of hydrogen-bond acceptors (Lipinski definition) is 10. The van der Waals surface area contributed by atoms with Gasteiger partial charge in [0.2, 0.25) is 0 Å². The second-order valence-corrected chi connectivity index (χ2v) is 17.7. The van der Waals surface area contributed by atoms with Gasteiger partial charge in [-0.1, -0.05) is 73.9 Å². The smallest absolute Gasteiger partial charge is 0.390 e. The van der Waals surface area contributed by atoms with Gasteiger partial charge in [-0.2, -0.15) is 0 Å². The molecule has 3 aliphatic rings. The van der Waals surface area contributed by atoms with Crippen LogP contribution in [-0.2, 0) is 28.7 Å². The van der Waals surface area contributed by atoms with E-state index in [9.17, 15) is 14.2 Å². The van der Waals surface area contributed by atoms with Crippen molar-refractivity contribution in [1.29, 1.82) is 0 Å². The summed E-state index contributed by atoms with van der Waals surface area (Å²) in [5, 5.41) is 0. The highest BCUT2D eigenvalue weighted by Gasteiger charge is 2.53. The van der Waals surface area contributed by atoms with E-state index in [1.165, 1.54) is 22.1 Å². The van der Waals surface area contributed by atoms with Crippen molar-refractivity contribution in [3.05, 3.63) is 128 Å². The Bertz CT molecular complexity index is 1930. The third-order valence-corrected chi connectivity index (χ3v) is 14.6. The topological polar surface area (TPSA) is 127 Å². The molecule has 3 heterocycles. The third-order valence-electron chi connectivity index (χ3n) is 10.1. The van der Waals surface area contributed by atoms with Gasteiger partial charge in [0.15, 0.2) is 0 Å². The number of methoxy groups -OCH3 is 2. The molecule has 3 fully saturated rings. The molecule has 0 bridgehead atoms. The van der Waals surface area contributed by atoms with E-state index in [1.54, 1.807) is 21.1 Å². The van der Waals surface area contributed by atoms with Crippen LogP contribution < -0.4 is 20.7 Å². The molecule has 2 aliphatic heterocycles. The number of aromatic amines is 1. The minimum atomic E-state index is -3.59. The maximum absolute atomic E-state index is 14.3. The Labute approximate surface area is 300 Å². The monoisotopic (exact) mass is 734 g/mol. The minimum Gasteiger partial charge on any atom is -0.497 e. The van der Waals surface area contributed by atoms with E-state index in [1.807, 2.05) is 78.9 Å². The molecule has 1 saturated carbocycles. The maximum Gasteiger partial charge on any atom is 0.390 e. The summed E-state index contributed by atoms with van der Waals surface area (Å²) in [5.41, 5.74) is 0.672. The van der Waals surface area contributed by atoms with Crippen LogP contribution >= 0.6 is 18.2 Å². The molecular formula is C38H43N2O9PS. The molecule has 7 rings (SSSR count). The van der Waals surface area contributed by atoms with Gasteiger partial charge in [0, 0.05) is 18.2 Å². The quantitative estimate of drug-likeness (QED) is 0.126. The van der Waals surface area contributed by atoms with Crippen LogP contribution in [0.1, 0.15) is 67.0 Å². The molecule has 1 spiro atoms. The predicted octanol–water partition coefficient (Wildman–Crippen LogP) is 7.12. The first-order valence-corrected chi connectivity index (χ1v) is 20.2. The molecule has 1 aromatic heterocycles. The summed E-state index contributed by atoms with van der Waals surface area (Å²) in [7, 11) is 3.24. The summed E-state index contributed by atoms with van der Waals surface area (Å²) in [5.74, 6) is 1.39. The van der Waals surface area contributed by atoms with E-state index in [-0.39, 0.29) is 17.8 Å². The summed E-state index contributed by atoms with van der Waals surface area (Å²) in [4.78, 5) is 27.6. The highest BCUT2D eigenvalue weighted by Crippen LogP contribution is 2.74. The summed E-state index contributed by atoms with van der Waals surface area (Å²) in [6.45, 7) is -1.60. The van der Waals surface area contributed by atoms with Crippen molar-refractivity contribution in [3.63, 3.8) is 0 Å². The lowest BCUT2D eigenvalue weighted by atomic mass is 9.80. The standard InChI is InChI=1S/C38H43N2O9PS/c1-26-23-40(36(42)39-35(26)41)34-22-32(49-50(43)47-25-37(51-50)20-8-5-9-21-37)33(48-34)24-46-38(27-10-6-4-7-11-27,28-12-16-30(44-2)17-13-28)29-14-18-31(45-3)19-15-29/h4,6-7,10-19,23,32-34H,5,8-9,20-22,24-25H2,1-3H3,(H,39,41,42)/t32-,33+,34+,50?/m0/s1. The molecule has 1 N–H and O–H groups in total. The van der Waals surface area contributed by atoms with Crippen molar-refractivity contribution in [2.24, 2.45) is 0 Å². The average molecular weight is 735 g/mol. The zero-order chi connectivity index (χ0) is 35.6. The number of rotatable bonds is 11. The van der Waals surface area contributed by atoms with Crippen molar-refractivity contribution >= 4 is 18.2 Å². The zero-order valence-electron chi connectivity index (χ0n) is 28.9. The highest BCUT2D eigenvalue weighted by atomic mass is 32.7. The molecule has 0 radical (unpaired) electrons. The fourth-order valence-electron chi connectivity index (χ4n) is 7.35. The Morgan fingerprint density at radius 1 is 0.902 bits per heavy atom. The van der Waals surface area contributed by atoms with Crippen molar-refractivity contribution in [1.82, 2.24) is 9.55 Å². The van der Waals surface area contributed by atoms with E-state index >= 15 is 0 Å². The van der Waals surface area contributed by atoms with Crippen molar-refractivity contribution < 1.29 is 32.6 Å². The van der Waals surface area contributed by atoms with E-state index < -0.39 is 42.1 Å². The maximum atomic E-state index is 14.3. The van der Waals surface area contributed by atoms with Gasteiger partial charge < -0.3 is 18.9 Å². The van der Waals surface area contributed by atoms with Crippen LogP contribution in [0.3, 0.4) is 0 Å². The van der Waals surface area contributed by atoms with Gasteiger partial charge in [-0.25, -0.2) is 9.36 Å². The lowest BCUT2D eigenvalue weighted by molar-refractivity contribution is -0.0921. The van der Waals surface area contributed by atoms with Gasteiger partial charge in [0.1, 0.15) is 35.5 Å². The van der Waals surface area contributed by atoms with Gasteiger partial charge in [-0.15, -0.1) is 0 Å². The first-order valence-electron chi connectivity index (χ1n) is 17.3. The number of hydrogen-bond donors (Lipinski definition) is 1. The first kappa shape index (κ1) is 35.7. The molecule has 11 nitrogen and oxygen atoms in total. The summed E-state index contributed by atoms with van der Waals surface area (Å²) in [6, 6.07) is 25.3. The van der Waals surface area contributed by atoms with Crippen LogP contribution in [0.2, 0.25) is 0 Å². The van der Waals surface area contributed by atoms with Crippen molar-refractivity contribution in [2.45, 2.75) is 74.2 Å². The highest BCUT2D eigenvalue weighted by molar-refractivity contribution is 8.56. The minimum absolute atomic E-state index is 0.0129. The van der Waals surface area contributed by atoms with Crippen LogP contribution in [0.25, 0.3) is 0 Å². The Morgan fingerprint density at radius 2 is 1.51 bits per heavy atom. The van der Waals surface area contributed by atoms with E-state index in [0.29, 0.717) is 23.7 Å². The van der Waals surface area contributed by atoms with Gasteiger partial charge in [-0.05, 0) is 72.1 Å². The van der Waals surface area contributed by atoms with Gasteiger partial charge >= 0.3 is 12.5 Å². The second-order valence-electron chi connectivity index (χ2n) is 13.4. The molecule has 2 saturated heterocycles. The molecule has 1 unspecified atom stereocenters. The molecular weight excluding hydrogens is 691 g/mol. The lowest BCUT2D eigenvalue weighted by Crippen LogP contribution is -2.38. The fraction of sp³-hybridized carbons (Fsp3) is 0.421. The Balaban J connectivity index is 1.27. The molecule has 0 amide bonds. The number of ether oxygens (including phenoxy) is 4. The third kappa shape index (κ3) is 7.23. The fourth-order valence-corrected chi connectivity index (χ4v) is 12.5. The van der Waals surface area contributed by atoms with E-state index in [4.69, 9.17) is 28.0 Å².